The average Bonchev–Trinajstić information content (AvgIpc) is 1.82. The number of rotatable bonds is 0. The molecular weight excluding hydrogens is 136 g/mol. The van der Waals surface area contributed by atoms with Crippen molar-refractivity contribution in [1.29, 1.82) is 0 Å². The van der Waals surface area contributed by atoms with E-state index in [1.54, 1.807) is 37.4 Å². The van der Waals surface area contributed by atoms with E-state index in [2.05, 4.69) is 0 Å². The maximum absolute atomic E-state index is 1.71. The molecule has 1 heteroatoms. The fourth-order valence-electron chi connectivity index (χ4n) is 3.68. The molecule has 4 fully saturated rings. The van der Waals surface area contributed by atoms with Crippen LogP contribution in [-0.4, -0.2) is 8.80 Å². The molecule has 55 valence electrons. The van der Waals surface area contributed by atoms with Crippen molar-refractivity contribution in [2.75, 3.05) is 0 Å². The van der Waals surface area contributed by atoms with Crippen LogP contribution >= 0.6 is 0 Å². The van der Waals surface area contributed by atoms with E-state index in [4.69, 9.17) is 0 Å². The second-order valence-corrected chi connectivity index (χ2v) is 7.39. The Bertz CT molecular complexity index is 96.3. The third kappa shape index (κ3) is 0.730. The first-order chi connectivity index (χ1) is 4.90. The van der Waals surface area contributed by atoms with E-state index in [0.29, 0.717) is 0 Å². The zero-order valence-electron chi connectivity index (χ0n) is 6.47. The van der Waals surface area contributed by atoms with Gasteiger partial charge in [0.05, 0.1) is 0 Å². The SMILES string of the molecule is C1C2CC3CC1C[Si](C2)C3. The minimum atomic E-state index is 0.252. The van der Waals surface area contributed by atoms with Crippen LogP contribution in [0.15, 0.2) is 0 Å². The summed E-state index contributed by atoms with van der Waals surface area (Å²) in [5.41, 5.74) is 0. The first-order valence-corrected chi connectivity index (χ1v) is 6.86. The van der Waals surface area contributed by atoms with Gasteiger partial charge in [-0.15, -0.1) is 0 Å². The number of hydrogen-bond donors (Lipinski definition) is 0. The van der Waals surface area contributed by atoms with E-state index >= 15 is 0 Å². The van der Waals surface area contributed by atoms with Crippen molar-refractivity contribution in [1.82, 2.24) is 0 Å². The van der Waals surface area contributed by atoms with Crippen LogP contribution in [-0.2, 0) is 0 Å². The maximum atomic E-state index is 1.71. The molecule has 1 aliphatic carbocycles. The van der Waals surface area contributed by atoms with Crippen molar-refractivity contribution in [3.05, 3.63) is 0 Å². The van der Waals surface area contributed by atoms with Crippen molar-refractivity contribution in [3.63, 3.8) is 0 Å². The summed E-state index contributed by atoms with van der Waals surface area (Å²) in [7, 11) is 0.252. The molecule has 0 spiro atoms. The first-order valence-electron chi connectivity index (χ1n) is 4.73. The molecule has 0 aromatic carbocycles. The molecule has 0 atom stereocenters. The topological polar surface area (TPSA) is 0 Å². The molecule has 0 unspecified atom stereocenters. The molecule has 0 nitrogen and oxygen atoms in total. The molecule has 0 amide bonds. The van der Waals surface area contributed by atoms with Crippen molar-refractivity contribution < 1.29 is 0 Å². The minimum Gasteiger partial charge on any atom is -0.0561 e. The maximum Gasteiger partial charge on any atom is 0.0487 e. The highest BCUT2D eigenvalue weighted by atomic mass is 28.3. The molecular formula is C9H15Si. The Morgan fingerprint density at radius 1 is 0.700 bits per heavy atom. The highest BCUT2D eigenvalue weighted by Crippen LogP contribution is 2.51. The van der Waals surface area contributed by atoms with Crippen molar-refractivity contribution >= 4 is 8.80 Å². The Morgan fingerprint density at radius 2 is 1.10 bits per heavy atom. The zero-order valence-corrected chi connectivity index (χ0v) is 7.47. The third-order valence-electron chi connectivity index (χ3n) is 3.73. The Morgan fingerprint density at radius 3 is 1.40 bits per heavy atom. The van der Waals surface area contributed by atoms with Crippen LogP contribution in [0.25, 0.3) is 0 Å². The lowest BCUT2D eigenvalue weighted by atomic mass is 9.76. The molecule has 0 aromatic heterocycles. The summed E-state index contributed by atoms with van der Waals surface area (Å²) in [6, 6.07) is 5.12. The van der Waals surface area contributed by atoms with Gasteiger partial charge in [0.1, 0.15) is 0 Å². The molecule has 1 radical (unpaired) electrons. The van der Waals surface area contributed by atoms with Crippen LogP contribution in [0.3, 0.4) is 0 Å². The fraction of sp³-hybridized carbons (Fsp3) is 1.00. The highest BCUT2D eigenvalue weighted by molar-refractivity contribution is 6.59. The molecule has 0 N–H and O–H groups in total. The molecule has 3 saturated heterocycles. The molecule has 3 heterocycles. The predicted molar refractivity (Wildman–Crippen MR) is 44.5 cm³/mol. The first kappa shape index (κ1) is 5.82. The van der Waals surface area contributed by atoms with Gasteiger partial charge in [0.2, 0.25) is 0 Å². The average molecular weight is 151 g/mol. The smallest absolute Gasteiger partial charge is 0.0487 e. The Balaban J connectivity index is 1.90. The summed E-state index contributed by atoms with van der Waals surface area (Å²) in [5.74, 6) is 3.67. The fourth-order valence-corrected chi connectivity index (χ4v) is 7.63. The van der Waals surface area contributed by atoms with Crippen LogP contribution in [0.1, 0.15) is 19.3 Å². The van der Waals surface area contributed by atoms with Gasteiger partial charge in [0, 0.05) is 8.80 Å². The second kappa shape index (κ2) is 1.88. The summed E-state index contributed by atoms with van der Waals surface area (Å²) < 4.78 is 0. The van der Waals surface area contributed by atoms with Gasteiger partial charge < -0.3 is 0 Å². The van der Waals surface area contributed by atoms with E-state index in [0.717, 1.165) is 0 Å². The van der Waals surface area contributed by atoms with Crippen molar-refractivity contribution in [3.8, 4) is 0 Å². The lowest BCUT2D eigenvalue weighted by Gasteiger charge is -2.48. The lowest BCUT2D eigenvalue weighted by Crippen LogP contribution is -2.42. The van der Waals surface area contributed by atoms with Gasteiger partial charge >= 0.3 is 0 Å². The van der Waals surface area contributed by atoms with Gasteiger partial charge in [0.15, 0.2) is 0 Å². The van der Waals surface area contributed by atoms with Gasteiger partial charge in [-0.25, -0.2) is 0 Å². The summed E-state index contributed by atoms with van der Waals surface area (Å²) in [6.45, 7) is 0. The van der Waals surface area contributed by atoms with Gasteiger partial charge in [0.25, 0.3) is 0 Å². The van der Waals surface area contributed by atoms with Gasteiger partial charge in [-0.2, -0.15) is 0 Å². The summed E-state index contributed by atoms with van der Waals surface area (Å²) in [4.78, 5) is 0. The predicted octanol–water partition coefficient (Wildman–Crippen LogP) is 2.54. The minimum absolute atomic E-state index is 0.252. The Labute approximate surface area is 64.6 Å². The zero-order chi connectivity index (χ0) is 6.55. The molecule has 4 aliphatic rings. The second-order valence-electron chi connectivity index (χ2n) is 4.67. The molecule has 4 rings (SSSR count). The van der Waals surface area contributed by atoms with Crippen molar-refractivity contribution in [2.45, 2.75) is 37.4 Å². The van der Waals surface area contributed by atoms with Crippen LogP contribution in [0.2, 0.25) is 18.1 Å². The summed E-state index contributed by atoms with van der Waals surface area (Å²) >= 11 is 0. The molecule has 3 aliphatic heterocycles. The highest BCUT2D eigenvalue weighted by Gasteiger charge is 2.42. The Hall–Kier alpha value is 0.217. The van der Waals surface area contributed by atoms with E-state index in [-0.39, 0.29) is 8.80 Å². The van der Waals surface area contributed by atoms with Gasteiger partial charge in [-0.3, -0.25) is 0 Å². The quantitative estimate of drug-likeness (QED) is 0.467. The molecule has 10 heavy (non-hydrogen) atoms. The summed E-state index contributed by atoms with van der Waals surface area (Å²) in [6.07, 6.45) is 4.89. The monoisotopic (exact) mass is 151 g/mol. The van der Waals surface area contributed by atoms with E-state index in [1.807, 2.05) is 0 Å². The van der Waals surface area contributed by atoms with Crippen LogP contribution in [0.4, 0.5) is 0 Å². The van der Waals surface area contributed by atoms with Crippen LogP contribution < -0.4 is 0 Å². The molecule has 1 saturated carbocycles. The van der Waals surface area contributed by atoms with Crippen LogP contribution in [0, 0.1) is 17.8 Å². The van der Waals surface area contributed by atoms with E-state index in [9.17, 15) is 0 Å². The standard InChI is InChI=1S/C9H15Si/c1-7-2-9-3-8(1)5-10(4-7)6-9/h7-9H,1-6H2. The molecule has 4 bridgehead atoms. The van der Waals surface area contributed by atoms with E-state index in [1.165, 1.54) is 17.8 Å². The van der Waals surface area contributed by atoms with Crippen LogP contribution in [0.5, 0.6) is 0 Å². The van der Waals surface area contributed by atoms with Crippen molar-refractivity contribution in [2.24, 2.45) is 17.8 Å². The number of hydrogen-bond acceptors (Lipinski definition) is 0. The summed E-state index contributed by atoms with van der Waals surface area (Å²) in [5, 5.41) is 0. The Kier molecular flexibility index (Phi) is 1.09. The van der Waals surface area contributed by atoms with Gasteiger partial charge in [-0.05, 0) is 37.0 Å². The third-order valence-corrected chi connectivity index (χ3v) is 7.20. The van der Waals surface area contributed by atoms with E-state index < -0.39 is 0 Å². The molecule has 0 aromatic rings. The largest absolute Gasteiger partial charge is 0.0561 e. The normalized spacial score (nSPS) is 52.2. The van der Waals surface area contributed by atoms with Gasteiger partial charge in [-0.1, -0.05) is 18.1 Å². The lowest BCUT2D eigenvalue weighted by molar-refractivity contribution is 0.194.